The van der Waals surface area contributed by atoms with Gasteiger partial charge in [0.15, 0.2) is 0 Å². The third kappa shape index (κ3) is 4.46. The molecule has 1 aromatic carbocycles. The van der Waals surface area contributed by atoms with Crippen molar-refractivity contribution in [3.63, 3.8) is 0 Å². The normalized spacial score (nSPS) is 12.4. The number of aromatic carboxylic acids is 1. The molecule has 8 heteroatoms. The van der Waals surface area contributed by atoms with Crippen LogP contribution in [0.3, 0.4) is 0 Å². The lowest BCUT2D eigenvalue weighted by molar-refractivity contribution is -0.0357. The van der Waals surface area contributed by atoms with Gasteiger partial charge in [-0.15, -0.1) is 0 Å². The molecule has 0 aromatic heterocycles. The van der Waals surface area contributed by atoms with Crippen molar-refractivity contribution in [2.75, 3.05) is 0 Å². The summed E-state index contributed by atoms with van der Waals surface area (Å²) < 4.78 is 23.7. The topological polar surface area (TPSA) is 92.7 Å². The fraction of sp³-hybridized carbons (Fsp3) is 0.364. The van der Waals surface area contributed by atoms with E-state index in [9.17, 15) is 13.2 Å². The fourth-order valence-corrected chi connectivity index (χ4v) is 2.37. The number of halogens is 1. The van der Waals surface area contributed by atoms with Crippen molar-refractivity contribution in [1.29, 1.82) is 0 Å². The Labute approximate surface area is 116 Å². The Hall–Kier alpha value is -1.15. The molecular formula is C11H14ClNO5S. The van der Waals surface area contributed by atoms with Gasteiger partial charge >= 0.3 is 5.97 Å². The lowest BCUT2D eigenvalue weighted by atomic mass is 10.2. The van der Waals surface area contributed by atoms with E-state index >= 15 is 0 Å². The minimum Gasteiger partial charge on any atom is -0.478 e. The number of sulfonamides is 1. The zero-order valence-corrected chi connectivity index (χ0v) is 12.2. The van der Waals surface area contributed by atoms with Gasteiger partial charge in [-0.2, -0.15) is 0 Å². The molecule has 0 aliphatic carbocycles. The molecule has 6 nitrogen and oxygen atoms in total. The van der Waals surface area contributed by atoms with Gasteiger partial charge in [-0.1, -0.05) is 16.5 Å². The van der Waals surface area contributed by atoms with E-state index in [1.807, 2.05) is 4.89 Å². The summed E-state index contributed by atoms with van der Waals surface area (Å²) in [5.74, 6) is -1.23. The second kappa shape index (κ2) is 5.46. The molecule has 19 heavy (non-hydrogen) atoms. The van der Waals surface area contributed by atoms with Crippen LogP contribution in [0.25, 0.3) is 0 Å². The predicted molar refractivity (Wildman–Crippen MR) is 69.6 cm³/mol. The number of benzene rings is 1. The van der Waals surface area contributed by atoms with E-state index in [0.29, 0.717) is 0 Å². The average Bonchev–Trinajstić information content (AvgIpc) is 2.25. The molecule has 0 radical (unpaired) electrons. The number of carboxylic acid groups (broad SMARTS) is 1. The zero-order chi connectivity index (χ0) is 14.8. The van der Waals surface area contributed by atoms with Gasteiger partial charge < -0.3 is 5.11 Å². The first-order valence-corrected chi connectivity index (χ1v) is 7.12. The van der Waals surface area contributed by atoms with Crippen LogP contribution in [0.15, 0.2) is 23.1 Å². The van der Waals surface area contributed by atoms with Gasteiger partial charge in [-0.05, 0) is 39.0 Å². The van der Waals surface area contributed by atoms with Crippen LogP contribution < -0.4 is 4.89 Å². The molecule has 0 saturated carbocycles. The van der Waals surface area contributed by atoms with Gasteiger partial charge in [-0.25, -0.2) is 13.2 Å². The summed E-state index contributed by atoms with van der Waals surface area (Å²) in [6, 6.07) is 3.32. The summed E-state index contributed by atoms with van der Waals surface area (Å²) in [4.78, 5) is 17.5. The van der Waals surface area contributed by atoms with E-state index in [4.69, 9.17) is 21.5 Å². The third-order valence-electron chi connectivity index (χ3n) is 1.94. The van der Waals surface area contributed by atoms with Crippen LogP contribution in [-0.4, -0.2) is 25.1 Å². The number of carbonyl (C=O) groups is 1. The molecule has 0 atom stereocenters. The van der Waals surface area contributed by atoms with Crippen molar-refractivity contribution in [3.05, 3.63) is 28.8 Å². The number of nitrogens with one attached hydrogen (secondary N) is 1. The fourth-order valence-electron chi connectivity index (χ4n) is 1.06. The van der Waals surface area contributed by atoms with E-state index in [1.54, 1.807) is 20.8 Å². The molecule has 2 N–H and O–H groups in total. The molecule has 0 saturated heterocycles. The Morgan fingerprint density at radius 2 is 1.95 bits per heavy atom. The van der Waals surface area contributed by atoms with Crippen LogP contribution in [0.1, 0.15) is 31.1 Å². The quantitative estimate of drug-likeness (QED) is 0.830. The lowest BCUT2D eigenvalue weighted by Crippen LogP contribution is -2.33. The first-order chi connectivity index (χ1) is 8.53. The molecule has 0 spiro atoms. The summed E-state index contributed by atoms with van der Waals surface area (Å²) in [6.07, 6.45) is 0. The number of hydrogen-bond acceptors (Lipinski definition) is 4. The number of rotatable bonds is 4. The van der Waals surface area contributed by atoms with Crippen molar-refractivity contribution in [2.45, 2.75) is 31.3 Å². The zero-order valence-electron chi connectivity index (χ0n) is 10.6. The summed E-state index contributed by atoms with van der Waals surface area (Å²) in [5.41, 5.74) is -0.866. The van der Waals surface area contributed by atoms with Crippen LogP contribution in [0.2, 0.25) is 5.02 Å². The minimum atomic E-state index is -3.91. The minimum absolute atomic E-state index is 0.161. The van der Waals surface area contributed by atoms with Crippen LogP contribution >= 0.6 is 11.6 Å². The Kier molecular flexibility index (Phi) is 4.57. The van der Waals surface area contributed by atoms with Gasteiger partial charge in [0.25, 0.3) is 10.0 Å². The monoisotopic (exact) mass is 307 g/mol. The van der Waals surface area contributed by atoms with Crippen molar-refractivity contribution >= 4 is 27.6 Å². The highest BCUT2D eigenvalue weighted by Crippen LogP contribution is 2.21. The maximum atomic E-state index is 11.9. The summed E-state index contributed by atoms with van der Waals surface area (Å²) >= 11 is 5.71. The van der Waals surface area contributed by atoms with Crippen molar-refractivity contribution in [3.8, 4) is 0 Å². The van der Waals surface area contributed by atoms with Gasteiger partial charge in [0.2, 0.25) is 0 Å². The van der Waals surface area contributed by atoms with Crippen molar-refractivity contribution in [1.82, 2.24) is 4.89 Å². The van der Waals surface area contributed by atoms with E-state index in [2.05, 4.69) is 0 Å². The third-order valence-corrected chi connectivity index (χ3v) is 3.43. The van der Waals surface area contributed by atoms with E-state index in [-0.39, 0.29) is 15.5 Å². The van der Waals surface area contributed by atoms with E-state index in [0.717, 1.165) is 18.2 Å². The Balaban J connectivity index is 3.03. The largest absolute Gasteiger partial charge is 0.478 e. The number of hydrogen-bond donors (Lipinski definition) is 2. The second-order valence-electron chi connectivity index (χ2n) is 4.75. The van der Waals surface area contributed by atoms with Crippen molar-refractivity contribution < 1.29 is 23.2 Å². The first-order valence-electron chi connectivity index (χ1n) is 5.25. The molecule has 0 aliphatic heterocycles. The van der Waals surface area contributed by atoms with E-state index < -0.39 is 21.6 Å². The molecule has 0 aliphatic rings. The summed E-state index contributed by atoms with van der Waals surface area (Å²) in [6.45, 7) is 5.03. The molecule has 1 aromatic rings. The average molecular weight is 308 g/mol. The summed E-state index contributed by atoms with van der Waals surface area (Å²) in [5, 5.41) is 8.63. The maximum Gasteiger partial charge on any atom is 0.337 e. The predicted octanol–water partition coefficient (Wildman–Crippen LogP) is 2.05. The molecular weight excluding hydrogens is 294 g/mol. The Bertz CT molecular complexity index is 592. The van der Waals surface area contributed by atoms with Crippen molar-refractivity contribution in [2.24, 2.45) is 0 Å². The molecule has 1 rings (SSSR count). The van der Waals surface area contributed by atoms with Crippen LogP contribution in [0, 0.1) is 0 Å². The molecule has 0 bridgehead atoms. The molecule has 0 fully saturated rings. The van der Waals surface area contributed by atoms with Gasteiger partial charge in [-0.3, -0.25) is 4.84 Å². The van der Waals surface area contributed by atoms with Gasteiger partial charge in [0, 0.05) is 0 Å². The first kappa shape index (κ1) is 15.9. The smallest absolute Gasteiger partial charge is 0.337 e. The molecule has 0 unspecified atom stereocenters. The molecule has 0 amide bonds. The van der Waals surface area contributed by atoms with Gasteiger partial charge in [0.05, 0.1) is 21.1 Å². The number of carboxylic acids is 1. The van der Waals surface area contributed by atoms with Crippen LogP contribution in [0.4, 0.5) is 0 Å². The van der Waals surface area contributed by atoms with E-state index in [1.165, 1.54) is 0 Å². The Morgan fingerprint density at radius 3 is 2.37 bits per heavy atom. The second-order valence-corrected chi connectivity index (χ2v) is 6.80. The Morgan fingerprint density at radius 1 is 1.37 bits per heavy atom. The summed E-state index contributed by atoms with van der Waals surface area (Å²) in [7, 11) is -3.91. The van der Waals surface area contributed by atoms with Crippen LogP contribution in [-0.2, 0) is 14.9 Å². The molecule has 106 valence electrons. The molecule has 0 heterocycles. The highest BCUT2D eigenvalue weighted by atomic mass is 35.5. The highest BCUT2D eigenvalue weighted by Gasteiger charge is 2.21. The highest BCUT2D eigenvalue weighted by molar-refractivity contribution is 7.89. The lowest BCUT2D eigenvalue weighted by Gasteiger charge is -2.19. The maximum absolute atomic E-state index is 11.9. The van der Waals surface area contributed by atoms with Gasteiger partial charge in [0.1, 0.15) is 0 Å². The SMILES string of the molecule is CC(C)(C)ONS(=O)(=O)c1ccc(C(=O)O)c(Cl)c1. The van der Waals surface area contributed by atoms with Crippen LogP contribution in [0.5, 0.6) is 0 Å². The standard InChI is InChI=1S/C11H14ClNO5S/c1-11(2,3)18-13-19(16,17)7-4-5-8(10(14)15)9(12)6-7/h4-6,13H,1-3H3,(H,14,15).